The second-order valence-electron chi connectivity index (χ2n) is 6.12. The average Bonchev–Trinajstić information content (AvgIpc) is 2.22. The van der Waals surface area contributed by atoms with E-state index in [9.17, 15) is 0 Å². The van der Waals surface area contributed by atoms with Gasteiger partial charge in [0.1, 0.15) is 0 Å². The van der Waals surface area contributed by atoms with Gasteiger partial charge in [-0.1, -0.05) is 45.9 Å². The lowest BCUT2D eigenvalue weighted by molar-refractivity contribution is 0.281. The molecule has 1 aromatic rings. The van der Waals surface area contributed by atoms with Gasteiger partial charge in [0.25, 0.3) is 0 Å². The fraction of sp³-hybridized carbons (Fsp3) is 0.571. The molecule has 0 saturated heterocycles. The number of hydrogen-bond donors (Lipinski definition) is 1. The number of hydrogen-bond acceptors (Lipinski definition) is 1. The largest absolute Gasteiger partial charge is 0.384 e. The SMILES string of the molecule is CC1(C)CNc2ccccc2C(C)(C)C1. The van der Waals surface area contributed by atoms with E-state index in [1.165, 1.54) is 17.7 Å². The van der Waals surface area contributed by atoms with Crippen molar-refractivity contribution in [2.24, 2.45) is 5.41 Å². The standard InChI is InChI=1S/C14H21N/c1-13(2)9-14(3,4)11-7-5-6-8-12(11)15-10-13/h5-8,15H,9-10H2,1-4H3. The smallest absolute Gasteiger partial charge is 0.0378 e. The molecule has 0 spiro atoms. The van der Waals surface area contributed by atoms with E-state index < -0.39 is 0 Å². The van der Waals surface area contributed by atoms with Gasteiger partial charge < -0.3 is 5.32 Å². The molecule has 15 heavy (non-hydrogen) atoms. The van der Waals surface area contributed by atoms with Gasteiger partial charge in [-0.05, 0) is 28.9 Å². The lowest BCUT2D eigenvalue weighted by atomic mass is 9.72. The Morgan fingerprint density at radius 1 is 1.07 bits per heavy atom. The molecule has 1 heterocycles. The van der Waals surface area contributed by atoms with Gasteiger partial charge in [-0.15, -0.1) is 0 Å². The predicted molar refractivity (Wildman–Crippen MR) is 66.4 cm³/mol. The summed E-state index contributed by atoms with van der Waals surface area (Å²) in [6.07, 6.45) is 1.23. The fourth-order valence-electron chi connectivity index (χ4n) is 2.92. The minimum atomic E-state index is 0.267. The average molecular weight is 203 g/mol. The van der Waals surface area contributed by atoms with Gasteiger partial charge in [0.2, 0.25) is 0 Å². The van der Waals surface area contributed by atoms with Crippen molar-refractivity contribution in [3.05, 3.63) is 29.8 Å². The lowest BCUT2D eigenvalue weighted by Crippen LogP contribution is -2.27. The Balaban J connectivity index is 2.47. The van der Waals surface area contributed by atoms with E-state index in [2.05, 4.69) is 57.3 Å². The Morgan fingerprint density at radius 3 is 2.47 bits per heavy atom. The monoisotopic (exact) mass is 203 g/mol. The summed E-state index contributed by atoms with van der Waals surface area (Å²) in [6.45, 7) is 10.4. The molecule has 0 saturated carbocycles. The van der Waals surface area contributed by atoms with Crippen LogP contribution in [0.1, 0.15) is 39.7 Å². The van der Waals surface area contributed by atoms with Crippen LogP contribution in [0, 0.1) is 5.41 Å². The fourth-order valence-corrected chi connectivity index (χ4v) is 2.92. The Bertz CT molecular complexity index is 363. The van der Waals surface area contributed by atoms with Crippen LogP contribution in [0.4, 0.5) is 5.69 Å². The van der Waals surface area contributed by atoms with Crippen LogP contribution in [0.15, 0.2) is 24.3 Å². The maximum Gasteiger partial charge on any atom is 0.0378 e. The van der Waals surface area contributed by atoms with Crippen LogP contribution in [0.3, 0.4) is 0 Å². The van der Waals surface area contributed by atoms with Gasteiger partial charge in [0, 0.05) is 12.2 Å². The molecule has 0 fully saturated rings. The van der Waals surface area contributed by atoms with E-state index >= 15 is 0 Å². The summed E-state index contributed by atoms with van der Waals surface area (Å²) in [5, 5.41) is 3.57. The highest BCUT2D eigenvalue weighted by Gasteiger charge is 2.34. The number of para-hydroxylation sites is 1. The van der Waals surface area contributed by atoms with Crippen LogP contribution in [0.5, 0.6) is 0 Å². The van der Waals surface area contributed by atoms with Crippen molar-refractivity contribution in [1.82, 2.24) is 0 Å². The molecule has 0 aliphatic carbocycles. The molecule has 0 aromatic heterocycles. The molecule has 1 nitrogen and oxygen atoms in total. The lowest BCUT2D eigenvalue weighted by Gasteiger charge is -2.32. The second-order valence-corrected chi connectivity index (χ2v) is 6.12. The van der Waals surface area contributed by atoms with Gasteiger partial charge in [-0.2, -0.15) is 0 Å². The zero-order valence-electron chi connectivity index (χ0n) is 10.2. The molecule has 1 heteroatoms. The van der Waals surface area contributed by atoms with Gasteiger partial charge in [-0.3, -0.25) is 0 Å². The van der Waals surface area contributed by atoms with Gasteiger partial charge in [0.05, 0.1) is 0 Å². The van der Waals surface area contributed by atoms with Crippen LogP contribution in [-0.2, 0) is 5.41 Å². The third-order valence-electron chi connectivity index (χ3n) is 3.33. The predicted octanol–water partition coefficient (Wildman–Crippen LogP) is 3.81. The third kappa shape index (κ3) is 2.01. The molecule has 1 aliphatic heterocycles. The van der Waals surface area contributed by atoms with Crippen molar-refractivity contribution >= 4 is 5.69 Å². The molecule has 2 rings (SSSR count). The van der Waals surface area contributed by atoms with Crippen molar-refractivity contribution in [2.45, 2.75) is 39.5 Å². The number of anilines is 1. The number of benzene rings is 1. The minimum Gasteiger partial charge on any atom is -0.384 e. The second kappa shape index (κ2) is 3.26. The summed E-state index contributed by atoms with van der Waals surface area (Å²) in [7, 11) is 0. The topological polar surface area (TPSA) is 12.0 Å². The van der Waals surface area contributed by atoms with Crippen molar-refractivity contribution in [3.63, 3.8) is 0 Å². The van der Waals surface area contributed by atoms with Crippen LogP contribution in [0.2, 0.25) is 0 Å². The number of nitrogens with one attached hydrogen (secondary N) is 1. The summed E-state index contributed by atoms with van der Waals surface area (Å²) in [4.78, 5) is 0. The van der Waals surface area contributed by atoms with Crippen LogP contribution >= 0.6 is 0 Å². The molecule has 0 bridgehead atoms. The van der Waals surface area contributed by atoms with Crippen molar-refractivity contribution in [3.8, 4) is 0 Å². The molecule has 1 aliphatic rings. The normalized spacial score (nSPS) is 22.4. The van der Waals surface area contributed by atoms with E-state index in [4.69, 9.17) is 0 Å². The first kappa shape index (κ1) is 10.5. The van der Waals surface area contributed by atoms with Crippen molar-refractivity contribution in [2.75, 3.05) is 11.9 Å². The van der Waals surface area contributed by atoms with Crippen molar-refractivity contribution < 1.29 is 0 Å². The molecule has 0 unspecified atom stereocenters. The summed E-state index contributed by atoms with van der Waals surface area (Å²) in [5.74, 6) is 0. The highest BCUT2D eigenvalue weighted by Crippen LogP contribution is 2.42. The summed E-state index contributed by atoms with van der Waals surface area (Å²) >= 11 is 0. The first-order valence-electron chi connectivity index (χ1n) is 5.74. The zero-order valence-corrected chi connectivity index (χ0v) is 10.2. The molecular weight excluding hydrogens is 182 g/mol. The van der Waals surface area contributed by atoms with Gasteiger partial charge >= 0.3 is 0 Å². The van der Waals surface area contributed by atoms with E-state index in [1.807, 2.05) is 0 Å². The quantitative estimate of drug-likeness (QED) is 0.676. The van der Waals surface area contributed by atoms with Gasteiger partial charge in [0.15, 0.2) is 0 Å². The number of rotatable bonds is 0. The molecular formula is C14H21N. The highest BCUT2D eigenvalue weighted by molar-refractivity contribution is 5.55. The summed E-state index contributed by atoms with van der Waals surface area (Å²) in [6, 6.07) is 8.70. The minimum absolute atomic E-state index is 0.267. The molecule has 1 N–H and O–H groups in total. The first-order chi connectivity index (χ1) is 6.91. The maximum absolute atomic E-state index is 3.57. The van der Waals surface area contributed by atoms with Crippen LogP contribution in [0.25, 0.3) is 0 Å². The van der Waals surface area contributed by atoms with Crippen molar-refractivity contribution in [1.29, 1.82) is 0 Å². The third-order valence-corrected chi connectivity index (χ3v) is 3.33. The molecule has 1 aromatic carbocycles. The Hall–Kier alpha value is -0.980. The Morgan fingerprint density at radius 2 is 1.73 bits per heavy atom. The van der Waals surface area contributed by atoms with E-state index in [0.717, 1.165) is 6.54 Å². The summed E-state index contributed by atoms with van der Waals surface area (Å²) in [5.41, 5.74) is 3.40. The molecule has 0 atom stereocenters. The Kier molecular flexibility index (Phi) is 2.29. The molecule has 0 radical (unpaired) electrons. The zero-order chi connectivity index (χ0) is 11.1. The van der Waals surface area contributed by atoms with E-state index in [0.29, 0.717) is 5.41 Å². The summed E-state index contributed by atoms with van der Waals surface area (Å²) < 4.78 is 0. The van der Waals surface area contributed by atoms with E-state index in [1.54, 1.807) is 0 Å². The molecule has 0 amide bonds. The first-order valence-corrected chi connectivity index (χ1v) is 5.74. The highest BCUT2D eigenvalue weighted by atomic mass is 14.9. The van der Waals surface area contributed by atoms with Crippen LogP contribution < -0.4 is 5.32 Å². The van der Waals surface area contributed by atoms with Crippen LogP contribution in [-0.4, -0.2) is 6.54 Å². The Labute approximate surface area is 92.9 Å². The maximum atomic E-state index is 3.57. The van der Waals surface area contributed by atoms with E-state index in [-0.39, 0.29) is 5.41 Å². The number of fused-ring (bicyclic) bond motifs is 1. The molecule has 82 valence electrons. The van der Waals surface area contributed by atoms with Gasteiger partial charge in [-0.25, -0.2) is 0 Å².